The minimum absolute atomic E-state index is 0.0986. The Morgan fingerprint density at radius 2 is 2.44 bits per heavy atom. The monoisotopic (exact) mass is 249 g/mol. The van der Waals surface area contributed by atoms with Gasteiger partial charge in [0.15, 0.2) is 0 Å². The molecule has 100 valence electrons. The average molecular weight is 249 g/mol. The number of likely N-dealkylation sites (tertiary alicyclic amines) is 1. The number of nitrogens with zero attached hydrogens (tertiary/aromatic N) is 1. The predicted octanol–water partition coefficient (Wildman–Crippen LogP) is 2.05. The number of hydrogen-bond donors (Lipinski definition) is 2. The summed E-state index contributed by atoms with van der Waals surface area (Å²) in [6, 6.07) is 3.84. The lowest BCUT2D eigenvalue weighted by Gasteiger charge is -2.29. The lowest BCUT2D eigenvalue weighted by molar-refractivity contribution is -0.134. The molecule has 1 amide bonds. The molecule has 0 saturated carbocycles. The smallest absolute Gasteiger partial charge is 0.240 e. The van der Waals surface area contributed by atoms with Crippen molar-refractivity contribution in [1.29, 1.82) is 0 Å². The summed E-state index contributed by atoms with van der Waals surface area (Å²) >= 11 is 0. The molecule has 2 unspecified atom stereocenters. The summed E-state index contributed by atoms with van der Waals surface area (Å²) in [5.41, 5.74) is 7.19. The molecule has 1 aliphatic rings. The summed E-state index contributed by atoms with van der Waals surface area (Å²) in [7, 11) is 0. The van der Waals surface area contributed by atoms with Gasteiger partial charge in [-0.3, -0.25) is 4.79 Å². The number of nitrogens with one attached hydrogen (secondary N) is 1. The number of hydrogen-bond acceptors (Lipinski definition) is 2. The maximum absolute atomic E-state index is 12.4. The highest BCUT2D eigenvalue weighted by Crippen LogP contribution is 2.31. The van der Waals surface area contributed by atoms with Crippen LogP contribution in [-0.2, 0) is 4.79 Å². The Hall–Kier alpha value is -1.29. The number of nitrogens with two attached hydrogens (primary N) is 1. The van der Waals surface area contributed by atoms with Gasteiger partial charge in [-0.15, -0.1) is 0 Å². The van der Waals surface area contributed by atoms with Gasteiger partial charge in [0.05, 0.1) is 12.1 Å². The first-order chi connectivity index (χ1) is 8.65. The highest BCUT2D eigenvalue weighted by molar-refractivity contribution is 5.82. The predicted molar refractivity (Wildman–Crippen MR) is 71.9 cm³/mol. The highest BCUT2D eigenvalue weighted by Gasteiger charge is 2.34. The average Bonchev–Trinajstić information content (AvgIpc) is 3.05. The van der Waals surface area contributed by atoms with E-state index in [1.807, 2.05) is 30.2 Å². The molecule has 4 heteroatoms. The molecule has 3 N–H and O–H groups in total. The van der Waals surface area contributed by atoms with Gasteiger partial charge in [0.1, 0.15) is 0 Å². The van der Waals surface area contributed by atoms with E-state index >= 15 is 0 Å². The number of carbonyl (C=O) groups is 1. The van der Waals surface area contributed by atoms with Crippen LogP contribution in [0.25, 0.3) is 0 Å². The molecule has 2 rings (SSSR count). The molecule has 18 heavy (non-hydrogen) atoms. The first-order valence-corrected chi connectivity index (χ1v) is 6.84. The Labute approximate surface area is 109 Å². The number of H-pyrrole nitrogens is 1. The van der Waals surface area contributed by atoms with E-state index in [-0.39, 0.29) is 23.9 Å². The van der Waals surface area contributed by atoms with E-state index < -0.39 is 0 Å². The molecule has 2 heterocycles. The Morgan fingerprint density at radius 3 is 3.06 bits per heavy atom. The molecule has 0 aromatic carbocycles. The Morgan fingerprint density at radius 1 is 1.67 bits per heavy atom. The zero-order chi connectivity index (χ0) is 13.1. The van der Waals surface area contributed by atoms with Crippen molar-refractivity contribution < 1.29 is 4.79 Å². The van der Waals surface area contributed by atoms with E-state index in [0.717, 1.165) is 31.5 Å². The Kier molecular flexibility index (Phi) is 4.07. The normalized spacial score (nSPS) is 23.1. The largest absolute Gasteiger partial charge is 0.363 e. The van der Waals surface area contributed by atoms with Crippen molar-refractivity contribution in [2.75, 3.05) is 6.54 Å². The fourth-order valence-corrected chi connectivity index (χ4v) is 2.59. The molecular weight excluding hydrogens is 226 g/mol. The molecule has 1 aromatic heterocycles. The number of aromatic nitrogens is 1. The fraction of sp³-hybridized carbons (Fsp3) is 0.643. The molecule has 0 aliphatic carbocycles. The van der Waals surface area contributed by atoms with Gasteiger partial charge in [-0.2, -0.15) is 0 Å². The van der Waals surface area contributed by atoms with E-state index in [4.69, 9.17) is 5.73 Å². The lowest BCUT2D eigenvalue weighted by Crippen LogP contribution is -2.46. The number of rotatable bonds is 4. The molecule has 0 bridgehead atoms. The van der Waals surface area contributed by atoms with E-state index in [1.54, 1.807) is 0 Å². The molecule has 0 spiro atoms. The van der Waals surface area contributed by atoms with Gasteiger partial charge in [-0.25, -0.2) is 0 Å². The molecule has 4 nitrogen and oxygen atoms in total. The van der Waals surface area contributed by atoms with Crippen LogP contribution < -0.4 is 5.73 Å². The summed E-state index contributed by atoms with van der Waals surface area (Å²) in [6.45, 7) is 4.94. The molecule has 1 aliphatic heterocycles. The van der Waals surface area contributed by atoms with Crippen LogP contribution in [0.1, 0.15) is 44.8 Å². The third kappa shape index (κ3) is 2.43. The Balaban J connectivity index is 2.10. The minimum atomic E-state index is -0.370. The van der Waals surface area contributed by atoms with Crippen LogP contribution in [-0.4, -0.2) is 28.4 Å². The molecule has 0 radical (unpaired) electrons. The first kappa shape index (κ1) is 13.1. The van der Waals surface area contributed by atoms with Crippen LogP contribution in [0, 0.1) is 5.92 Å². The van der Waals surface area contributed by atoms with E-state index in [2.05, 4.69) is 11.9 Å². The van der Waals surface area contributed by atoms with Crippen molar-refractivity contribution in [2.24, 2.45) is 11.7 Å². The number of amides is 1. The standard InChI is InChI=1S/C14H23N3O/c1-3-10(2)13(15)14(18)17-9-5-7-12(17)11-6-4-8-16-11/h4,6,8,10,12-13,16H,3,5,7,9,15H2,1-2H3/t10?,12?,13-/m0/s1. The van der Waals surface area contributed by atoms with Crippen molar-refractivity contribution in [3.05, 3.63) is 24.0 Å². The van der Waals surface area contributed by atoms with Gasteiger partial charge in [0, 0.05) is 18.4 Å². The third-order valence-electron chi connectivity index (χ3n) is 4.06. The van der Waals surface area contributed by atoms with E-state index in [9.17, 15) is 4.79 Å². The maximum atomic E-state index is 12.4. The van der Waals surface area contributed by atoms with Crippen LogP contribution in [0.3, 0.4) is 0 Å². The minimum Gasteiger partial charge on any atom is -0.363 e. The quantitative estimate of drug-likeness (QED) is 0.858. The van der Waals surface area contributed by atoms with Crippen molar-refractivity contribution in [2.45, 2.75) is 45.2 Å². The summed E-state index contributed by atoms with van der Waals surface area (Å²) in [5, 5.41) is 0. The van der Waals surface area contributed by atoms with Gasteiger partial charge < -0.3 is 15.6 Å². The molecule has 3 atom stereocenters. The molecule has 1 fully saturated rings. The van der Waals surface area contributed by atoms with Crippen LogP contribution in [0.4, 0.5) is 0 Å². The summed E-state index contributed by atoms with van der Waals surface area (Å²) < 4.78 is 0. The van der Waals surface area contributed by atoms with Gasteiger partial charge in [0.2, 0.25) is 5.91 Å². The first-order valence-electron chi connectivity index (χ1n) is 6.84. The molecule has 1 saturated heterocycles. The number of aromatic amines is 1. The lowest BCUT2D eigenvalue weighted by atomic mass is 9.98. The van der Waals surface area contributed by atoms with Crippen molar-refractivity contribution in [1.82, 2.24) is 9.88 Å². The zero-order valence-electron chi connectivity index (χ0n) is 11.2. The number of carbonyl (C=O) groups excluding carboxylic acids is 1. The zero-order valence-corrected chi connectivity index (χ0v) is 11.2. The topological polar surface area (TPSA) is 62.1 Å². The van der Waals surface area contributed by atoms with Crippen molar-refractivity contribution in [3.8, 4) is 0 Å². The van der Waals surface area contributed by atoms with Gasteiger partial charge in [-0.1, -0.05) is 20.3 Å². The van der Waals surface area contributed by atoms with Crippen molar-refractivity contribution in [3.63, 3.8) is 0 Å². The second-order valence-electron chi connectivity index (χ2n) is 5.23. The van der Waals surface area contributed by atoms with Crippen molar-refractivity contribution >= 4 is 5.91 Å². The van der Waals surface area contributed by atoms with Gasteiger partial charge in [0.25, 0.3) is 0 Å². The second kappa shape index (κ2) is 5.57. The highest BCUT2D eigenvalue weighted by atomic mass is 16.2. The second-order valence-corrected chi connectivity index (χ2v) is 5.23. The van der Waals surface area contributed by atoms with E-state index in [0.29, 0.717) is 0 Å². The Bertz CT molecular complexity index is 388. The van der Waals surface area contributed by atoms with Crippen LogP contribution in [0.2, 0.25) is 0 Å². The van der Waals surface area contributed by atoms with Crippen LogP contribution in [0.15, 0.2) is 18.3 Å². The summed E-state index contributed by atoms with van der Waals surface area (Å²) in [5.74, 6) is 0.337. The van der Waals surface area contributed by atoms with Gasteiger partial charge >= 0.3 is 0 Å². The fourth-order valence-electron chi connectivity index (χ4n) is 2.59. The van der Waals surface area contributed by atoms with Crippen LogP contribution in [0.5, 0.6) is 0 Å². The van der Waals surface area contributed by atoms with Crippen LogP contribution >= 0.6 is 0 Å². The van der Waals surface area contributed by atoms with E-state index in [1.165, 1.54) is 0 Å². The third-order valence-corrected chi connectivity index (χ3v) is 4.06. The molecular formula is C14H23N3O. The maximum Gasteiger partial charge on any atom is 0.240 e. The SMILES string of the molecule is CCC(C)[C@H](N)C(=O)N1CCCC1c1ccc[nH]1. The summed E-state index contributed by atoms with van der Waals surface area (Å²) in [6.07, 6.45) is 4.93. The molecule has 1 aromatic rings. The van der Waals surface area contributed by atoms with Gasteiger partial charge in [-0.05, 0) is 30.9 Å². The summed E-state index contributed by atoms with van der Waals surface area (Å²) in [4.78, 5) is 17.6.